The number of thioether (sulfide) groups is 1. The zero-order valence-corrected chi connectivity index (χ0v) is 18.8. The average Bonchev–Trinajstić information content (AvgIpc) is 3.06. The van der Waals surface area contributed by atoms with Crippen LogP contribution in [-0.4, -0.2) is 22.1 Å². The first kappa shape index (κ1) is 21.2. The molecule has 0 aliphatic heterocycles. The summed E-state index contributed by atoms with van der Waals surface area (Å²) in [5, 5.41) is 5.11. The normalized spacial score (nSPS) is 11.7. The van der Waals surface area contributed by atoms with Crippen molar-refractivity contribution in [2.24, 2.45) is 5.41 Å². The minimum absolute atomic E-state index is 0.00875. The van der Waals surface area contributed by atoms with E-state index in [9.17, 15) is 9.59 Å². The van der Waals surface area contributed by atoms with Crippen LogP contribution in [0.3, 0.4) is 0 Å². The van der Waals surface area contributed by atoms with E-state index in [1.54, 1.807) is 0 Å². The quantitative estimate of drug-likeness (QED) is 0.363. The third-order valence-corrected chi connectivity index (χ3v) is 6.02. The lowest BCUT2D eigenvalue weighted by Crippen LogP contribution is -2.19. The topological polar surface area (TPSA) is 51.1 Å². The Balaban J connectivity index is 1.46. The molecule has 31 heavy (non-hydrogen) atoms. The molecule has 158 valence electrons. The van der Waals surface area contributed by atoms with Crippen LogP contribution in [0.1, 0.15) is 32.0 Å². The van der Waals surface area contributed by atoms with Crippen molar-refractivity contribution in [1.82, 2.24) is 4.57 Å². The second-order valence-corrected chi connectivity index (χ2v) is 9.91. The summed E-state index contributed by atoms with van der Waals surface area (Å²) in [7, 11) is 0. The molecular formula is C26H26N2O2S. The zero-order chi connectivity index (χ0) is 22.0. The van der Waals surface area contributed by atoms with E-state index in [2.05, 4.69) is 17.4 Å². The Morgan fingerprint density at radius 2 is 1.39 bits per heavy atom. The van der Waals surface area contributed by atoms with Crippen LogP contribution in [0.4, 0.5) is 5.69 Å². The van der Waals surface area contributed by atoms with E-state index in [-0.39, 0.29) is 17.2 Å². The molecule has 0 fully saturated rings. The summed E-state index contributed by atoms with van der Waals surface area (Å²) >= 11 is 1.50. The molecule has 0 saturated carbocycles. The van der Waals surface area contributed by atoms with Gasteiger partial charge in [0.15, 0.2) is 0 Å². The Labute approximate surface area is 186 Å². The van der Waals surface area contributed by atoms with Gasteiger partial charge in [0.05, 0.1) is 16.8 Å². The van der Waals surface area contributed by atoms with Gasteiger partial charge >= 0.3 is 0 Å². The van der Waals surface area contributed by atoms with Gasteiger partial charge in [-0.05, 0) is 41.8 Å². The maximum Gasteiger partial charge on any atom is 0.241 e. The molecule has 4 nitrogen and oxygen atoms in total. The average molecular weight is 431 g/mol. The second kappa shape index (κ2) is 8.60. The Bertz CT molecular complexity index is 1200. The van der Waals surface area contributed by atoms with E-state index in [0.717, 1.165) is 32.4 Å². The lowest BCUT2D eigenvalue weighted by atomic mass is 9.92. The van der Waals surface area contributed by atoms with Crippen molar-refractivity contribution in [3.63, 3.8) is 0 Å². The van der Waals surface area contributed by atoms with Crippen molar-refractivity contribution in [3.05, 3.63) is 72.8 Å². The summed E-state index contributed by atoms with van der Waals surface area (Å²) in [4.78, 5) is 26.2. The summed E-state index contributed by atoms with van der Waals surface area (Å²) in [5.41, 5.74) is 2.59. The molecule has 0 bridgehead atoms. The predicted molar refractivity (Wildman–Crippen MR) is 130 cm³/mol. The van der Waals surface area contributed by atoms with Crippen LogP contribution in [0.15, 0.2) is 77.7 Å². The highest BCUT2D eigenvalue weighted by Gasteiger charge is 2.17. The molecule has 1 aromatic heterocycles. The lowest BCUT2D eigenvalue weighted by molar-refractivity contribution is -0.117. The molecule has 0 atom stereocenters. The van der Waals surface area contributed by atoms with Gasteiger partial charge in [-0.2, -0.15) is 0 Å². The number of carbonyl (C=O) groups excluding carboxylic acids is 2. The van der Waals surface area contributed by atoms with E-state index in [1.807, 2.05) is 86.0 Å². The van der Waals surface area contributed by atoms with Gasteiger partial charge in [0.25, 0.3) is 0 Å². The first-order valence-corrected chi connectivity index (χ1v) is 11.3. The van der Waals surface area contributed by atoms with Crippen molar-refractivity contribution in [2.75, 3.05) is 11.1 Å². The van der Waals surface area contributed by atoms with Gasteiger partial charge in [0.2, 0.25) is 11.8 Å². The molecule has 0 radical (unpaired) electrons. The van der Waals surface area contributed by atoms with Gasteiger partial charge in [-0.1, -0.05) is 57.2 Å². The summed E-state index contributed by atoms with van der Waals surface area (Å²) < 4.78 is 1.82. The van der Waals surface area contributed by atoms with E-state index < -0.39 is 0 Å². The number of rotatable bonds is 5. The summed E-state index contributed by atoms with van der Waals surface area (Å²) in [6, 6.07) is 23.7. The molecule has 1 heterocycles. The number of hydrogen-bond donors (Lipinski definition) is 1. The molecule has 0 unspecified atom stereocenters. The molecular weight excluding hydrogens is 404 g/mol. The smallest absolute Gasteiger partial charge is 0.241 e. The Morgan fingerprint density at radius 1 is 0.839 bits per heavy atom. The van der Waals surface area contributed by atoms with Crippen molar-refractivity contribution in [2.45, 2.75) is 32.1 Å². The highest BCUT2D eigenvalue weighted by molar-refractivity contribution is 8.00. The van der Waals surface area contributed by atoms with Gasteiger partial charge in [-0.25, -0.2) is 0 Å². The SMILES string of the molecule is CC(C)(C)CC(=O)Nc1ccc(SCC(=O)n2c3ccccc3c3ccccc32)cc1. The molecule has 1 amide bonds. The maximum atomic E-state index is 13.1. The number of benzene rings is 3. The van der Waals surface area contributed by atoms with Gasteiger partial charge in [-0.15, -0.1) is 11.8 Å². The predicted octanol–water partition coefficient (Wildman–Crippen LogP) is 6.60. The minimum atomic E-state index is -0.0486. The maximum absolute atomic E-state index is 13.1. The Morgan fingerprint density at radius 3 is 1.94 bits per heavy atom. The van der Waals surface area contributed by atoms with Crippen LogP contribution in [0.5, 0.6) is 0 Å². The van der Waals surface area contributed by atoms with Gasteiger partial charge in [0.1, 0.15) is 0 Å². The molecule has 4 aromatic rings. The second-order valence-electron chi connectivity index (χ2n) is 8.86. The van der Waals surface area contributed by atoms with E-state index in [0.29, 0.717) is 12.2 Å². The molecule has 5 heteroatoms. The molecule has 4 rings (SSSR count). The third kappa shape index (κ3) is 4.83. The summed E-state index contributed by atoms with van der Waals surface area (Å²) in [5.74, 6) is 0.387. The molecule has 0 aliphatic rings. The number of anilines is 1. The molecule has 1 N–H and O–H groups in total. The molecule has 0 aliphatic carbocycles. The monoisotopic (exact) mass is 430 g/mol. The van der Waals surface area contributed by atoms with Gasteiger partial charge in [0, 0.05) is 27.8 Å². The summed E-state index contributed by atoms with van der Waals surface area (Å²) in [6.45, 7) is 6.13. The lowest BCUT2D eigenvalue weighted by Gasteiger charge is -2.17. The first-order valence-electron chi connectivity index (χ1n) is 10.4. The van der Waals surface area contributed by atoms with Crippen LogP contribution >= 0.6 is 11.8 Å². The minimum Gasteiger partial charge on any atom is -0.326 e. The van der Waals surface area contributed by atoms with E-state index >= 15 is 0 Å². The fraction of sp³-hybridized carbons (Fsp3) is 0.231. The van der Waals surface area contributed by atoms with Crippen molar-refractivity contribution < 1.29 is 9.59 Å². The van der Waals surface area contributed by atoms with Crippen LogP contribution in [-0.2, 0) is 4.79 Å². The number of carbonyl (C=O) groups is 2. The first-order chi connectivity index (χ1) is 14.8. The zero-order valence-electron chi connectivity index (χ0n) is 18.0. The highest BCUT2D eigenvalue weighted by atomic mass is 32.2. The van der Waals surface area contributed by atoms with Crippen molar-refractivity contribution in [3.8, 4) is 0 Å². The number of nitrogens with zero attached hydrogens (tertiary/aromatic N) is 1. The number of aromatic nitrogens is 1. The number of para-hydroxylation sites is 2. The third-order valence-electron chi connectivity index (χ3n) is 5.02. The molecule has 0 spiro atoms. The number of nitrogens with one attached hydrogen (secondary N) is 1. The van der Waals surface area contributed by atoms with Crippen LogP contribution in [0.2, 0.25) is 0 Å². The highest BCUT2D eigenvalue weighted by Crippen LogP contribution is 2.30. The number of hydrogen-bond acceptors (Lipinski definition) is 3. The van der Waals surface area contributed by atoms with Gasteiger partial charge in [-0.3, -0.25) is 14.2 Å². The standard InChI is InChI=1S/C26H26N2O2S/c1-26(2,3)16-24(29)27-18-12-14-19(15-13-18)31-17-25(30)28-22-10-6-4-8-20(22)21-9-5-7-11-23(21)28/h4-15H,16-17H2,1-3H3,(H,27,29). The van der Waals surface area contributed by atoms with E-state index in [4.69, 9.17) is 0 Å². The fourth-order valence-corrected chi connectivity index (χ4v) is 4.47. The Kier molecular flexibility index (Phi) is 5.88. The van der Waals surface area contributed by atoms with Crippen molar-refractivity contribution >= 4 is 51.1 Å². The number of amides is 1. The van der Waals surface area contributed by atoms with Crippen molar-refractivity contribution in [1.29, 1.82) is 0 Å². The van der Waals surface area contributed by atoms with Crippen LogP contribution in [0.25, 0.3) is 21.8 Å². The van der Waals surface area contributed by atoms with Crippen LogP contribution < -0.4 is 5.32 Å². The summed E-state index contributed by atoms with van der Waals surface area (Å²) in [6.07, 6.45) is 0.469. The molecule has 0 saturated heterocycles. The Hall–Kier alpha value is -3.05. The number of fused-ring (bicyclic) bond motifs is 3. The molecule has 3 aromatic carbocycles. The van der Waals surface area contributed by atoms with Crippen LogP contribution in [0, 0.1) is 5.41 Å². The van der Waals surface area contributed by atoms with E-state index in [1.165, 1.54) is 11.8 Å². The fourth-order valence-electron chi connectivity index (χ4n) is 3.72. The largest absolute Gasteiger partial charge is 0.326 e. The van der Waals surface area contributed by atoms with Gasteiger partial charge < -0.3 is 5.32 Å².